The molecule has 0 aliphatic carbocycles. The third kappa shape index (κ3) is 3.04. The fourth-order valence-corrected chi connectivity index (χ4v) is 3.13. The Morgan fingerprint density at radius 2 is 2.08 bits per heavy atom. The summed E-state index contributed by atoms with van der Waals surface area (Å²) < 4.78 is 1.26. The second kappa shape index (κ2) is 6.69. The molecule has 2 aromatic heterocycles. The zero-order chi connectivity index (χ0) is 17.3. The second-order valence-corrected chi connectivity index (χ2v) is 6.57. The van der Waals surface area contributed by atoms with Crippen LogP contribution < -0.4 is 10.4 Å². The van der Waals surface area contributed by atoms with E-state index in [0.29, 0.717) is 35.3 Å². The molecule has 5 nitrogen and oxygen atoms in total. The number of benzene rings is 1. The van der Waals surface area contributed by atoms with Crippen molar-refractivity contribution in [1.29, 1.82) is 0 Å². The van der Waals surface area contributed by atoms with E-state index in [1.165, 1.54) is 11.8 Å². The zero-order valence-electron chi connectivity index (χ0n) is 14.0. The molecule has 0 amide bonds. The highest BCUT2D eigenvalue weighted by atomic mass is 35.5. The van der Waals surface area contributed by atoms with E-state index >= 15 is 0 Å². The normalized spacial score (nSPS) is 11.4. The minimum Gasteiger partial charge on any atom is -0.414 e. The van der Waals surface area contributed by atoms with Crippen molar-refractivity contribution in [3.05, 3.63) is 62.9 Å². The monoisotopic (exact) mass is 345 g/mol. The molecule has 3 rings (SSSR count). The summed E-state index contributed by atoms with van der Waals surface area (Å²) in [5, 5.41) is 1.39. The van der Waals surface area contributed by atoms with Crippen molar-refractivity contribution in [1.82, 2.24) is 14.7 Å². The van der Waals surface area contributed by atoms with E-state index in [1.807, 2.05) is 30.5 Å². The molecular formula is C18H20ClN3O2. The number of nitrogens with one attached hydrogen (secondary N) is 1. The van der Waals surface area contributed by atoms with Crippen LogP contribution in [0.3, 0.4) is 0 Å². The summed E-state index contributed by atoms with van der Waals surface area (Å²) in [5.74, 6) is 0.338. The molecule has 24 heavy (non-hydrogen) atoms. The van der Waals surface area contributed by atoms with Gasteiger partial charge in [0.15, 0.2) is 5.15 Å². The molecule has 0 bridgehead atoms. The lowest BCUT2D eigenvalue weighted by molar-refractivity contribution is 0.145. The van der Waals surface area contributed by atoms with Crippen molar-refractivity contribution in [2.45, 2.75) is 26.7 Å². The van der Waals surface area contributed by atoms with Gasteiger partial charge in [0.25, 0.3) is 0 Å². The van der Waals surface area contributed by atoms with E-state index in [-0.39, 0.29) is 5.56 Å². The maximum atomic E-state index is 12.7. The summed E-state index contributed by atoms with van der Waals surface area (Å²) in [4.78, 5) is 25.6. The Hall–Kier alpha value is -2.27. The van der Waals surface area contributed by atoms with Crippen molar-refractivity contribution in [3.63, 3.8) is 0 Å². The van der Waals surface area contributed by atoms with Crippen LogP contribution in [0.2, 0.25) is 5.15 Å². The number of para-hydroxylation sites is 1. The van der Waals surface area contributed by atoms with Crippen LogP contribution in [0.4, 0.5) is 0 Å². The maximum Gasteiger partial charge on any atom is 0.305 e. The number of H-pyrrole nitrogens is 1. The van der Waals surface area contributed by atoms with Crippen LogP contribution in [-0.2, 0) is 12.8 Å². The minimum atomic E-state index is -0.261. The van der Waals surface area contributed by atoms with Gasteiger partial charge in [0, 0.05) is 23.5 Å². The first-order valence-corrected chi connectivity index (χ1v) is 8.28. The summed E-state index contributed by atoms with van der Waals surface area (Å²) in [5.41, 5.74) is 2.76. The number of aromatic nitrogens is 3. The molecule has 0 atom stereocenters. The molecule has 0 spiro atoms. The molecule has 0 aliphatic heterocycles. The van der Waals surface area contributed by atoms with E-state index in [0.717, 1.165) is 16.5 Å². The van der Waals surface area contributed by atoms with Gasteiger partial charge < -0.3 is 9.82 Å². The fraction of sp³-hybridized carbons (Fsp3) is 0.333. The number of hydrogen-bond donors (Lipinski definition) is 1. The van der Waals surface area contributed by atoms with Crippen molar-refractivity contribution < 1.29 is 4.84 Å². The number of rotatable bonds is 5. The van der Waals surface area contributed by atoms with Crippen LogP contribution in [-0.4, -0.2) is 21.8 Å². The molecule has 3 aromatic rings. The molecule has 0 radical (unpaired) electrons. The predicted octanol–water partition coefficient (Wildman–Crippen LogP) is 3.23. The van der Waals surface area contributed by atoms with E-state index in [2.05, 4.69) is 23.8 Å². The van der Waals surface area contributed by atoms with Gasteiger partial charge in [-0.2, -0.15) is 0 Å². The lowest BCUT2D eigenvalue weighted by Gasteiger charge is -2.15. The molecule has 0 unspecified atom stereocenters. The molecule has 1 aromatic carbocycles. The lowest BCUT2D eigenvalue weighted by atomic mass is 10.1. The smallest absolute Gasteiger partial charge is 0.305 e. The summed E-state index contributed by atoms with van der Waals surface area (Å²) in [6.45, 7) is 4.11. The van der Waals surface area contributed by atoms with Crippen molar-refractivity contribution >= 4 is 22.5 Å². The van der Waals surface area contributed by atoms with Crippen LogP contribution >= 0.6 is 11.6 Å². The van der Waals surface area contributed by atoms with Gasteiger partial charge in [-0.05, 0) is 24.0 Å². The molecule has 6 heteroatoms. The Morgan fingerprint density at radius 1 is 1.33 bits per heavy atom. The summed E-state index contributed by atoms with van der Waals surface area (Å²) in [7, 11) is 1.47. The first kappa shape index (κ1) is 16.6. The summed E-state index contributed by atoms with van der Waals surface area (Å²) in [6, 6.07) is 7.96. The average molecular weight is 346 g/mol. The van der Waals surface area contributed by atoms with Crippen molar-refractivity contribution in [2.75, 3.05) is 7.11 Å². The highest BCUT2D eigenvalue weighted by Gasteiger charge is 2.18. The van der Waals surface area contributed by atoms with E-state index in [1.54, 1.807) is 0 Å². The Morgan fingerprint density at radius 3 is 2.79 bits per heavy atom. The topological polar surface area (TPSA) is 59.9 Å². The van der Waals surface area contributed by atoms with Gasteiger partial charge in [0.2, 0.25) is 0 Å². The molecule has 126 valence electrons. The quantitative estimate of drug-likeness (QED) is 0.772. The number of nitrogens with zero attached hydrogens (tertiary/aromatic N) is 2. The zero-order valence-corrected chi connectivity index (χ0v) is 14.7. The predicted molar refractivity (Wildman–Crippen MR) is 95.7 cm³/mol. The third-order valence-electron chi connectivity index (χ3n) is 3.96. The minimum absolute atomic E-state index is 0.261. The summed E-state index contributed by atoms with van der Waals surface area (Å²) in [6.07, 6.45) is 2.93. The maximum absolute atomic E-state index is 12.7. The fourth-order valence-electron chi connectivity index (χ4n) is 2.87. The SMILES string of the molecule is COn1c(CC(C)C)c(Cl)nc(Cc2c[nH]c3ccccc23)c1=O. The van der Waals surface area contributed by atoms with Gasteiger partial charge in [0.1, 0.15) is 12.8 Å². The standard InChI is InChI=1S/C18H20ClN3O2/c1-11(2)8-16-17(19)21-15(18(23)22(16)24-3)9-12-10-20-14-7-5-4-6-13(12)14/h4-7,10-11,20H,8-9H2,1-3H3. The molecule has 2 heterocycles. The van der Waals surface area contributed by atoms with Gasteiger partial charge in [-0.15, -0.1) is 4.73 Å². The highest BCUT2D eigenvalue weighted by molar-refractivity contribution is 6.30. The molecule has 0 aliphatic rings. The first-order valence-electron chi connectivity index (χ1n) is 7.91. The largest absolute Gasteiger partial charge is 0.414 e. The number of halogens is 1. The first-order chi connectivity index (χ1) is 11.5. The highest BCUT2D eigenvalue weighted by Crippen LogP contribution is 2.21. The molecular weight excluding hydrogens is 326 g/mol. The van der Waals surface area contributed by atoms with Gasteiger partial charge in [0.05, 0.1) is 5.69 Å². The Labute approximate surface area is 145 Å². The Balaban J connectivity index is 2.06. The van der Waals surface area contributed by atoms with Gasteiger partial charge in [-0.1, -0.05) is 43.6 Å². The van der Waals surface area contributed by atoms with Crippen molar-refractivity contribution in [2.24, 2.45) is 5.92 Å². The molecule has 0 saturated heterocycles. The van der Waals surface area contributed by atoms with Gasteiger partial charge in [-0.3, -0.25) is 4.79 Å². The summed E-state index contributed by atoms with van der Waals surface area (Å²) >= 11 is 6.33. The third-order valence-corrected chi connectivity index (χ3v) is 4.27. The molecule has 0 saturated carbocycles. The van der Waals surface area contributed by atoms with Crippen LogP contribution in [0, 0.1) is 5.92 Å². The van der Waals surface area contributed by atoms with Crippen LogP contribution in [0.1, 0.15) is 30.8 Å². The Kier molecular flexibility index (Phi) is 4.62. The Bertz CT molecular complexity index is 928. The van der Waals surface area contributed by atoms with Crippen LogP contribution in [0.15, 0.2) is 35.3 Å². The van der Waals surface area contributed by atoms with Crippen LogP contribution in [0.25, 0.3) is 10.9 Å². The number of fused-ring (bicyclic) bond motifs is 1. The number of hydrogen-bond acceptors (Lipinski definition) is 3. The van der Waals surface area contributed by atoms with E-state index in [4.69, 9.17) is 16.4 Å². The lowest BCUT2D eigenvalue weighted by Crippen LogP contribution is -2.33. The van der Waals surface area contributed by atoms with Gasteiger partial charge >= 0.3 is 5.56 Å². The molecule has 1 N–H and O–H groups in total. The van der Waals surface area contributed by atoms with E-state index < -0.39 is 0 Å². The van der Waals surface area contributed by atoms with Crippen LogP contribution in [0.5, 0.6) is 0 Å². The van der Waals surface area contributed by atoms with Gasteiger partial charge in [-0.25, -0.2) is 4.98 Å². The average Bonchev–Trinajstić information content (AvgIpc) is 2.95. The second-order valence-electron chi connectivity index (χ2n) is 6.21. The van der Waals surface area contributed by atoms with Crippen molar-refractivity contribution in [3.8, 4) is 0 Å². The van der Waals surface area contributed by atoms with E-state index in [9.17, 15) is 4.79 Å². The molecule has 0 fully saturated rings. The number of aromatic amines is 1.